The first kappa shape index (κ1) is 18.4. The van der Waals surface area contributed by atoms with Crippen molar-refractivity contribution < 1.29 is 18.9 Å². The average Bonchev–Trinajstić information content (AvgIpc) is 3.45. The third-order valence-corrected chi connectivity index (χ3v) is 6.09. The first-order chi connectivity index (χ1) is 15.2. The van der Waals surface area contributed by atoms with Crippen molar-refractivity contribution in [1.29, 1.82) is 0 Å². The van der Waals surface area contributed by atoms with Gasteiger partial charge in [0, 0.05) is 28.1 Å². The lowest BCUT2D eigenvalue weighted by Gasteiger charge is -2.38. The molecular formula is C24H19ClN2O4. The quantitative estimate of drug-likeness (QED) is 0.558. The zero-order valence-electron chi connectivity index (χ0n) is 16.7. The topological polar surface area (TPSA) is 52.5 Å². The zero-order chi connectivity index (χ0) is 20.9. The molecule has 7 heteroatoms. The molecule has 156 valence electrons. The molecule has 0 N–H and O–H groups in total. The predicted octanol–water partition coefficient (Wildman–Crippen LogP) is 5.32. The highest BCUT2D eigenvalue weighted by Crippen LogP contribution is 2.48. The number of hydrazone groups is 1. The van der Waals surface area contributed by atoms with E-state index in [1.54, 1.807) is 7.11 Å². The molecule has 0 saturated heterocycles. The minimum atomic E-state index is -0.351. The number of nitrogens with zero attached hydrogens (tertiary/aromatic N) is 2. The van der Waals surface area contributed by atoms with Crippen LogP contribution in [0.3, 0.4) is 0 Å². The highest BCUT2D eigenvalue weighted by atomic mass is 35.5. The van der Waals surface area contributed by atoms with E-state index >= 15 is 0 Å². The summed E-state index contributed by atoms with van der Waals surface area (Å²) in [6, 6.07) is 19.6. The standard InChI is InChI=1S/C24H19ClN2O4/c1-28-17-6-2-14(3-7-17)24-27-20(18-11-16(25)5-9-21(18)31-24)12-19(26-27)15-4-8-22-23(10-15)30-13-29-22/h2-11,20,24H,12-13H2,1H3/t20-,24-/m0/s1. The van der Waals surface area contributed by atoms with E-state index < -0.39 is 0 Å². The summed E-state index contributed by atoms with van der Waals surface area (Å²) < 4.78 is 22.7. The van der Waals surface area contributed by atoms with Crippen molar-refractivity contribution in [3.63, 3.8) is 0 Å². The molecule has 0 bridgehead atoms. The van der Waals surface area contributed by atoms with Crippen LogP contribution in [0.1, 0.15) is 35.4 Å². The Morgan fingerprint density at radius 3 is 2.61 bits per heavy atom. The summed E-state index contributed by atoms with van der Waals surface area (Å²) in [6.07, 6.45) is 0.388. The fraction of sp³-hybridized carbons (Fsp3) is 0.208. The lowest BCUT2D eigenvalue weighted by molar-refractivity contribution is -0.0190. The lowest BCUT2D eigenvalue weighted by Crippen LogP contribution is -2.33. The maximum Gasteiger partial charge on any atom is 0.231 e. The fourth-order valence-electron chi connectivity index (χ4n) is 4.30. The number of benzene rings is 3. The van der Waals surface area contributed by atoms with Crippen molar-refractivity contribution >= 4 is 17.3 Å². The Kier molecular flexibility index (Phi) is 4.21. The van der Waals surface area contributed by atoms with Gasteiger partial charge in [0.25, 0.3) is 0 Å². The first-order valence-electron chi connectivity index (χ1n) is 10.1. The zero-order valence-corrected chi connectivity index (χ0v) is 17.5. The van der Waals surface area contributed by atoms with E-state index in [2.05, 4.69) is 0 Å². The number of methoxy groups -OCH3 is 1. The van der Waals surface area contributed by atoms with E-state index in [0.717, 1.165) is 51.8 Å². The van der Waals surface area contributed by atoms with Gasteiger partial charge >= 0.3 is 0 Å². The van der Waals surface area contributed by atoms with E-state index in [4.69, 9.17) is 35.6 Å². The molecule has 31 heavy (non-hydrogen) atoms. The summed E-state index contributed by atoms with van der Waals surface area (Å²) in [7, 11) is 1.66. The van der Waals surface area contributed by atoms with Gasteiger partial charge in [0.1, 0.15) is 11.5 Å². The molecule has 2 atom stereocenters. The van der Waals surface area contributed by atoms with Crippen molar-refractivity contribution in [3.8, 4) is 23.0 Å². The molecule has 0 aliphatic carbocycles. The molecule has 3 aromatic rings. The Morgan fingerprint density at radius 1 is 0.968 bits per heavy atom. The third kappa shape index (κ3) is 3.06. The van der Waals surface area contributed by atoms with Crippen molar-refractivity contribution in [2.45, 2.75) is 18.7 Å². The Labute approximate surface area is 184 Å². The van der Waals surface area contributed by atoms with Gasteiger partial charge in [0.15, 0.2) is 11.5 Å². The number of halogens is 1. The summed E-state index contributed by atoms with van der Waals surface area (Å²) in [4.78, 5) is 0. The molecule has 0 radical (unpaired) electrons. The van der Waals surface area contributed by atoms with E-state index in [0.29, 0.717) is 5.02 Å². The first-order valence-corrected chi connectivity index (χ1v) is 10.4. The molecule has 0 fully saturated rings. The van der Waals surface area contributed by atoms with Crippen LogP contribution in [-0.4, -0.2) is 24.6 Å². The fourth-order valence-corrected chi connectivity index (χ4v) is 4.48. The molecule has 3 aliphatic heterocycles. The normalized spacial score (nSPS) is 20.6. The van der Waals surface area contributed by atoms with Gasteiger partial charge in [-0.25, -0.2) is 5.01 Å². The summed E-state index contributed by atoms with van der Waals surface area (Å²) in [5, 5.41) is 7.70. The van der Waals surface area contributed by atoms with Gasteiger partial charge in [-0.2, -0.15) is 5.10 Å². The van der Waals surface area contributed by atoms with Gasteiger partial charge in [0.2, 0.25) is 13.0 Å². The minimum Gasteiger partial charge on any atom is -0.497 e. The van der Waals surface area contributed by atoms with Gasteiger partial charge in [-0.05, 0) is 60.7 Å². The van der Waals surface area contributed by atoms with Gasteiger partial charge in [-0.3, -0.25) is 0 Å². The number of hydrogen-bond acceptors (Lipinski definition) is 6. The van der Waals surface area contributed by atoms with Gasteiger partial charge in [-0.15, -0.1) is 0 Å². The summed E-state index contributed by atoms with van der Waals surface area (Å²) in [5.41, 5.74) is 4.02. The monoisotopic (exact) mass is 434 g/mol. The van der Waals surface area contributed by atoms with Crippen LogP contribution in [0, 0.1) is 0 Å². The van der Waals surface area contributed by atoms with Crippen LogP contribution >= 0.6 is 11.6 Å². The maximum atomic E-state index is 6.39. The number of fused-ring (bicyclic) bond motifs is 4. The summed E-state index contributed by atoms with van der Waals surface area (Å²) in [5.74, 6) is 3.14. The molecule has 0 amide bonds. The second kappa shape index (κ2) is 7.10. The molecule has 6 nitrogen and oxygen atoms in total. The minimum absolute atomic E-state index is 0.0231. The molecule has 3 heterocycles. The van der Waals surface area contributed by atoms with Crippen LogP contribution in [-0.2, 0) is 0 Å². The average molecular weight is 435 g/mol. The van der Waals surface area contributed by atoms with E-state index in [-0.39, 0.29) is 19.1 Å². The van der Waals surface area contributed by atoms with Gasteiger partial charge in [-0.1, -0.05) is 11.6 Å². The van der Waals surface area contributed by atoms with E-state index in [9.17, 15) is 0 Å². The van der Waals surface area contributed by atoms with Crippen LogP contribution in [0.4, 0.5) is 0 Å². The van der Waals surface area contributed by atoms with Crippen LogP contribution in [0.5, 0.6) is 23.0 Å². The van der Waals surface area contributed by atoms with Crippen molar-refractivity contribution in [3.05, 3.63) is 82.4 Å². The molecule has 3 aliphatic rings. The number of hydrogen-bond donors (Lipinski definition) is 0. The molecular weight excluding hydrogens is 416 g/mol. The number of rotatable bonds is 3. The van der Waals surface area contributed by atoms with Crippen molar-refractivity contribution in [1.82, 2.24) is 5.01 Å². The summed E-state index contributed by atoms with van der Waals surface area (Å²) in [6.45, 7) is 0.249. The Hall–Kier alpha value is -3.38. The second-order valence-electron chi connectivity index (χ2n) is 7.64. The summed E-state index contributed by atoms with van der Waals surface area (Å²) >= 11 is 6.32. The lowest BCUT2D eigenvalue weighted by atomic mass is 9.95. The molecule has 0 spiro atoms. The van der Waals surface area contributed by atoms with Crippen molar-refractivity contribution in [2.75, 3.05) is 13.9 Å². The van der Waals surface area contributed by atoms with E-state index in [1.165, 1.54) is 0 Å². The van der Waals surface area contributed by atoms with Crippen LogP contribution < -0.4 is 18.9 Å². The highest BCUT2D eigenvalue weighted by Gasteiger charge is 2.41. The van der Waals surface area contributed by atoms with Crippen LogP contribution in [0.15, 0.2) is 65.8 Å². The molecule has 3 aromatic carbocycles. The van der Waals surface area contributed by atoms with Crippen LogP contribution in [0.2, 0.25) is 5.02 Å². The molecule has 6 rings (SSSR count). The van der Waals surface area contributed by atoms with Gasteiger partial charge < -0.3 is 18.9 Å². The predicted molar refractivity (Wildman–Crippen MR) is 116 cm³/mol. The largest absolute Gasteiger partial charge is 0.497 e. The second-order valence-corrected chi connectivity index (χ2v) is 8.08. The Balaban J connectivity index is 1.42. The third-order valence-electron chi connectivity index (χ3n) is 5.86. The Bertz CT molecular complexity index is 1190. The van der Waals surface area contributed by atoms with Gasteiger partial charge in [0.05, 0.1) is 18.9 Å². The number of ether oxygens (including phenoxy) is 4. The SMILES string of the molecule is COc1ccc([C@@H]2Oc3ccc(Cl)cc3[C@@H]3CC(c4ccc5c(c4)OCO5)=NN32)cc1. The molecule has 0 aromatic heterocycles. The smallest absolute Gasteiger partial charge is 0.231 e. The Morgan fingerprint density at radius 2 is 1.77 bits per heavy atom. The highest BCUT2D eigenvalue weighted by molar-refractivity contribution is 6.30. The molecule has 0 unspecified atom stereocenters. The van der Waals surface area contributed by atoms with Crippen molar-refractivity contribution in [2.24, 2.45) is 5.10 Å². The van der Waals surface area contributed by atoms with E-state index in [1.807, 2.05) is 65.7 Å². The maximum absolute atomic E-state index is 6.39. The molecule has 0 saturated carbocycles. The van der Waals surface area contributed by atoms with Crippen LogP contribution in [0.25, 0.3) is 0 Å².